The Morgan fingerprint density at radius 1 is 1.46 bits per heavy atom. The molecule has 1 aliphatic rings. The van der Waals surface area contributed by atoms with Crippen molar-refractivity contribution in [1.82, 2.24) is 5.32 Å². The van der Waals surface area contributed by atoms with Crippen molar-refractivity contribution in [3.8, 4) is 0 Å². The number of hydrogen-bond donors (Lipinski definition) is 2. The van der Waals surface area contributed by atoms with E-state index in [9.17, 15) is 13.2 Å². The summed E-state index contributed by atoms with van der Waals surface area (Å²) in [6, 6.07) is 0. The van der Waals surface area contributed by atoms with Crippen molar-refractivity contribution >= 4 is 15.9 Å². The highest BCUT2D eigenvalue weighted by Crippen LogP contribution is 2.25. The maximum Gasteiger partial charge on any atom is 0.223 e. The minimum Gasteiger partial charge on any atom is -0.355 e. The molecule has 1 saturated carbocycles. The molecule has 1 rings (SSSR count). The number of primary sulfonamides is 1. The number of carbonyl (C=O) groups excluding carboxylic acids is 1. The fourth-order valence-electron chi connectivity index (χ4n) is 1.13. The van der Waals surface area contributed by atoms with Gasteiger partial charge in [0.25, 0.3) is 0 Å². The van der Waals surface area contributed by atoms with Crippen LogP contribution in [0.25, 0.3) is 0 Å². The molecule has 6 heteroatoms. The van der Waals surface area contributed by atoms with Crippen molar-refractivity contribution in [1.29, 1.82) is 0 Å². The summed E-state index contributed by atoms with van der Waals surface area (Å²) in [7, 11) is -3.45. The molecule has 0 unspecified atom stereocenters. The lowest BCUT2D eigenvalue weighted by molar-refractivity contribution is -0.127. The van der Waals surface area contributed by atoms with Gasteiger partial charge in [-0.2, -0.15) is 0 Å². The number of sulfonamides is 1. The summed E-state index contributed by atoms with van der Waals surface area (Å²) in [6.45, 7) is 0.119. The number of rotatable bonds is 4. The topological polar surface area (TPSA) is 89.3 Å². The van der Waals surface area contributed by atoms with Gasteiger partial charge in [-0.25, -0.2) is 13.6 Å². The van der Waals surface area contributed by atoms with Crippen molar-refractivity contribution in [3.05, 3.63) is 0 Å². The number of nitrogens with two attached hydrogens (primary N) is 1. The van der Waals surface area contributed by atoms with E-state index in [1.807, 2.05) is 0 Å². The lowest BCUT2D eigenvalue weighted by atomic mass is 9.85. The molecular formula is C7H14N2O3S. The molecular weight excluding hydrogens is 192 g/mol. The molecule has 0 saturated heterocycles. The van der Waals surface area contributed by atoms with E-state index in [0.29, 0.717) is 0 Å². The lowest BCUT2D eigenvalue weighted by Crippen LogP contribution is -2.37. The van der Waals surface area contributed by atoms with E-state index in [-0.39, 0.29) is 24.1 Å². The summed E-state index contributed by atoms with van der Waals surface area (Å²) in [4.78, 5) is 11.2. The van der Waals surface area contributed by atoms with Gasteiger partial charge in [0.1, 0.15) is 0 Å². The van der Waals surface area contributed by atoms with Crippen LogP contribution in [0.1, 0.15) is 19.3 Å². The maximum atomic E-state index is 11.2. The molecule has 1 aliphatic carbocycles. The van der Waals surface area contributed by atoms with Gasteiger partial charge in [0.05, 0.1) is 5.75 Å². The minimum atomic E-state index is -3.45. The van der Waals surface area contributed by atoms with Crippen LogP contribution in [-0.4, -0.2) is 26.6 Å². The lowest BCUT2D eigenvalue weighted by Gasteiger charge is -2.23. The van der Waals surface area contributed by atoms with Gasteiger partial charge < -0.3 is 5.32 Å². The van der Waals surface area contributed by atoms with Gasteiger partial charge in [-0.1, -0.05) is 6.42 Å². The average Bonchev–Trinajstić information content (AvgIpc) is 1.79. The van der Waals surface area contributed by atoms with Crippen LogP contribution >= 0.6 is 0 Å². The van der Waals surface area contributed by atoms with Gasteiger partial charge in [0.2, 0.25) is 15.9 Å². The molecule has 0 radical (unpaired) electrons. The third kappa shape index (κ3) is 3.73. The summed E-state index contributed by atoms with van der Waals surface area (Å²) < 4.78 is 21.0. The summed E-state index contributed by atoms with van der Waals surface area (Å²) in [5.41, 5.74) is 0. The Bertz CT molecular complexity index is 282. The van der Waals surface area contributed by atoms with Gasteiger partial charge in [-0.3, -0.25) is 4.79 Å². The fraction of sp³-hybridized carbons (Fsp3) is 0.857. The van der Waals surface area contributed by atoms with Gasteiger partial charge in [0, 0.05) is 12.5 Å². The molecule has 1 fully saturated rings. The van der Waals surface area contributed by atoms with Crippen molar-refractivity contribution < 1.29 is 13.2 Å². The zero-order chi connectivity index (χ0) is 9.90. The van der Waals surface area contributed by atoms with Crippen molar-refractivity contribution in [3.63, 3.8) is 0 Å². The highest BCUT2D eigenvalue weighted by molar-refractivity contribution is 7.89. The van der Waals surface area contributed by atoms with E-state index < -0.39 is 10.0 Å². The third-order valence-electron chi connectivity index (χ3n) is 2.16. The van der Waals surface area contributed by atoms with E-state index >= 15 is 0 Å². The SMILES string of the molecule is NS(=O)(=O)CCNC(=O)C1CCC1. The van der Waals surface area contributed by atoms with E-state index in [0.717, 1.165) is 19.3 Å². The second-order valence-electron chi connectivity index (χ2n) is 3.29. The molecule has 0 aliphatic heterocycles. The summed E-state index contributed by atoms with van der Waals surface area (Å²) >= 11 is 0. The van der Waals surface area contributed by atoms with E-state index in [1.165, 1.54) is 0 Å². The first-order chi connectivity index (χ1) is 5.99. The number of amides is 1. The normalized spacial score (nSPS) is 17.9. The Labute approximate surface area is 77.7 Å². The summed E-state index contributed by atoms with van der Waals surface area (Å²) in [5, 5.41) is 7.31. The van der Waals surface area contributed by atoms with Crippen LogP contribution in [-0.2, 0) is 14.8 Å². The molecule has 13 heavy (non-hydrogen) atoms. The number of carbonyl (C=O) groups is 1. The third-order valence-corrected chi connectivity index (χ3v) is 2.93. The first-order valence-corrected chi connectivity index (χ1v) is 5.99. The first kappa shape index (κ1) is 10.5. The highest BCUT2D eigenvalue weighted by atomic mass is 32.2. The van der Waals surface area contributed by atoms with Crippen molar-refractivity contribution in [2.45, 2.75) is 19.3 Å². The van der Waals surface area contributed by atoms with Crippen LogP contribution in [0.4, 0.5) is 0 Å². The summed E-state index contributed by atoms with van der Waals surface area (Å²) in [6.07, 6.45) is 2.93. The molecule has 0 aromatic rings. The van der Waals surface area contributed by atoms with E-state index in [2.05, 4.69) is 5.32 Å². The van der Waals surface area contributed by atoms with Gasteiger partial charge in [0.15, 0.2) is 0 Å². The van der Waals surface area contributed by atoms with Gasteiger partial charge in [-0.15, -0.1) is 0 Å². The Hall–Kier alpha value is -0.620. The highest BCUT2D eigenvalue weighted by Gasteiger charge is 2.24. The van der Waals surface area contributed by atoms with Crippen molar-refractivity contribution in [2.24, 2.45) is 11.1 Å². The molecule has 0 aromatic carbocycles. The van der Waals surface area contributed by atoms with Crippen LogP contribution in [0.15, 0.2) is 0 Å². The molecule has 0 aromatic heterocycles. The van der Waals surface area contributed by atoms with Crippen LogP contribution in [0, 0.1) is 5.92 Å². The Balaban J connectivity index is 2.15. The molecule has 1 amide bonds. The van der Waals surface area contributed by atoms with E-state index in [4.69, 9.17) is 5.14 Å². The number of hydrogen-bond acceptors (Lipinski definition) is 3. The van der Waals surface area contributed by atoms with Gasteiger partial charge in [-0.05, 0) is 12.8 Å². The van der Waals surface area contributed by atoms with Crippen LogP contribution < -0.4 is 10.5 Å². The molecule has 0 heterocycles. The maximum absolute atomic E-state index is 11.2. The molecule has 0 spiro atoms. The second kappa shape index (κ2) is 4.06. The Kier molecular flexibility index (Phi) is 3.27. The smallest absolute Gasteiger partial charge is 0.223 e. The Morgan fingerprint density at radius 3 is 2.46 bits per heavy atom. The first-order valence-electron chi connectivity index (χ1n) is 4.27. The monoisotopic (exact) mass is 206 g/mol. The molecule has 3 N–H and O–H groups in total. The van der Waals surface area contributed by atoms with Crippen molar-refractivity contribution in [2.75, 3.05) is 12.3 Å². The predicted octanol–water partition coefficient (Wildman–Crippen LogP) is -0.809. The Morgan fingerprint density at radius 2 is 2.08 bits per heavy atom. The summed E-state index contributed by atoms with van der Waals surface area (Å²) in [5.74, 6) is -0.138. The quantitative estimate of drug-likeness (QED) is 0.630. The van der Waals surface area contributed by atoms with Crippen LogP contribution in [0.2, 0.25) is 0 Å². The number of nitrogens with one attached hydrogen (secondary N) is 1. The largest absolute Gasteiger partial charge is 0.355 e. The fourth-order valence-corrected chi connectivity index (χ4v) is 1.52. The molecule has 0 bridgehead atoms. The average molecular weight is 206 g/mol. The zero-order valence-electron chi connectivity index (χ0n) is 7.32. The van der Waals surface area contributed by atoms with Crippen LogP contribution in [0.3, 0.4) is 0 Å². The van der Waals surface area contributed by atoms with Gasteiger partial charge >= 0.3 is 0 Å². The van der Waals surface area contributed by atoms with E-state index in [1.54, 1.807) is 0 Å². The zero-order valence-corrected chi connectivity index (χ0v) is 8.14. The second-order valence-corrected chi connectivity index (χ2v) is 5.02. The predicted molar refractivity (Wildman–Crippen MR) is 48.3 cm³/mol. The molecule has 0 atom stereocenters. The standard InChI is InChI=1S/C7H14N2O3S/c8-13(11,12)5-4-9-7(10)6-2-1-3-6/h6H,1-5H2,(H,9,10)(H2,8,11,12). The molecule has 5 nitrogen and oxygen atoms in total. The minimum absolute atomic E-state index is 0.0464. The molecule has 76 valence electrons. The van der Waals surface area contributed by atoms with Crippen LogP contribution in [0.5, 0.6) is 0 Å².